The number of urea groups is 1. The van der Waals surface area contributed by atoms with Crippen molar-refractivity contribution in [2.24, 2.45) is 5.92 Å². The van der Waals surface area contributed by atoms with Gasteiger partial charge >= 0.3 is 12.0 Å². The standard InChI is InChI=1S/C14H18N4O4/c1-8(2)12(13(19)20)15-14(21)18(3)7-9-4-5-10-11(6-9)17-22-16-10/h4-6,8,12H,7H2,1-3H3,(H,15,21)(H,19,20)/t12-/m0/s1. The van der Waals surface area contributed by atoms with Crippen LogP contribution in [0, 0.1) is 5.92 Å². The molecule has 0 aliphatic rings. The summed E-state index contributed by atoms with van der Waals surface area (Å²) in [7, 11) is 1.60. The predicted octanol–water partition coefficient (Wildman–Crippen LogP) is 1.47. The maximum absolute atomic E-state index is 12.1. The van der Waals surface area contributed by atoms with Gasteiger partial charge in [-0.15, -0.1) is 0 Å². The molecule has 118 valence electrons. The molecular weight excluding hydrogens is 288 g/mol. The summed E-state index contributed by atoms with van der Waals surface area (Å²) in [6.45, 7) is 3.80. The van der Waals surface area contributed by atoms with E-state index in [0.717, 1.165) is 5.56 Å². The summed E-state index contributed by atoms with van der Waals surface area (Å²) >= 11 is 0. The Hall–Kier alpha value is -2.64. The van der Waals surface area contributed by atoms with Crippen LogP contribution in [0.3, 0.4) is 0 Å². The highest BCUT2D eigenvalue weighted by Crippen LogP contribution is 2.13. The molecule has 8 heteroatoms. The van der Waals surface area contributed by atoms with Gasteiger partial charge in [0, 0.05) is 13.6 Å². The van der Waals surface area contributed by atoms with E-state index in [0.29, 0.717) is 17.6 Å². The smallest absolute Gasteiger partial charge is 0.326 e. The number of hydrogen-bond acceptors (Lipinski definition) is 5. The first-order valence-electron chi connectivity index (χ1n) is 6.84. The van der Waals surface area contributed by atoms with Crippen LogP contribution in [0.15, 0.2) is 22.8 Å². The highest BCUT2D eigenvalue weighted by Gasteiger charge is 2.24. The van der Waals surface area contributed by atoms with Crippen molar-refractivity contribution in [3.05, 3.63) is 23.8 Å². The molecule has 2 amide bonds. The van der Waals surface area contributed by atoms with Crippen LogP contribution in [0.5, 0.6) is 0 Å². The lowest BCUT2D eigenvalue weighted by Crippen LogP contribution is -2.48. The summed E-state index contributed by atoms with van der Waals surface area (Å²) in [5.41, 5.74) is 2.09. The van der Waals surface area contributed by atoms with Gasteiger partial charge in [-0.2, -0.15) is 0 Å². The van der Waals surface area contributed by atoms with Crippen LogP contribution in [-0.4, -0.2) is 45.4 Å². The number of rotatable bonds is 5. The normalized spacial score (nSPS) is 12.4. The van der Waals surface area contributed by atoms with E-state index in [9.17, 15) is 9.59 Å². The van der Waals surface area contributed by atoms with E-state index in [1.54, 1.807) is 33.0 Å². The molecule has 0 saturated carbocycles. The Bertz CT molecular complexity index is 682. The molecule has 1 aromatic heterocycles. The van der Waals surface area contributed by atoms with Crippen molar-refractivity contribution in [3.63, 3.8) is 0 Å². The summed E-state index contributed by atoms with van der Waals surface area (Å²) in [6.07, 6.45) is 0. The molecule has 1 aromatic carbocycles. The van der Waals surface area contributed by atoms with E-state index < -0.39 is 18.0 Å². The maximum atomic E-state index is 12.1. The van der Waals surface area contributed by atoms with Gasteiger partial charge in [0.05, 0.1) is 0 Å². The van der Waals surface area contributed by atoms with Gasteiger partial charge in [-0.25, -0.2) is 14.2 Å². The number of aliphatic carboxylic acids is 1. The Morgan fingerprint density at radius 3 is 2.64 bits per heavy atom. The molecule has 1 atom stereocenters. The lowest BCUT2D eigenvalue weighted by atomic mass is 10.1. The van der Waals surface area contributed by atoms with Crippen molar-refractivity contribution < 1.29 is 19.3 Å². The van der Waals surface area contributed by atoms with Gasteiger partial charge in [0.1, 0.15) is 17.1 Å². The molecule has 0 aliphatic heterocycles. The number of carboxylic acids is 1. The van der Waals surface area contributed by atoms with Crippen LogP contribution < -0.4 is 5.32 Å². The number of amides is 2. The van der Waals surface area contributed by atoms with E-state index >= 15 is 0 Å². The predicted molar refractivity (Wildman–Crippen MR) is 78.1 cm³/mol. The minimum Gasteiger partial charge on any atom is -0.480 e. The molecule has 2 aromatic rings. The summed E-state index contributed by atoms with van der Waals surface area (Å²) in [4.78, 5) is 24.6. The number of hydrogen-bond donors (Lipinski definition) is 2. The number of carbonyl (C=O) groups excluding carboxylic acids is 1. The van der Waals surface area contributed by atoms with E-state index in [4.69, 9.17) is 5.11 Å². The Balaban J connectivity index is 2.02. The SMILES string of the molecule is CC(C)[C@H](NC(=O)N(C)Cc1ccc2nonc2c1)C(=O)O. The van der Waals surface area contributed by atoms with Gasteiger partial charge in [0.25, 0.3) is 0 Å². The van der Waals surface area contributed by atoms with E-state index in [-0.39, 0.29) is 5.92 Å². The second kappa shape index (κ2) is 6.42. The second-order valence-corrected chi connectivity index (χ2v) is 5.45. The Kier molecular flexibility index (Phi) is 4.59. The quantitative estimate of drug-likeness (QED) is 0.866. The molecule has 0 spiro atoms. The maximum Gasteiger partial charge on any atom is 0.326 e. The lowest BCUT2D eigenvalue weighted by Gasteiger charge is -2.23. The van der Waals surface area contributed by atoms with Gasteiger partial charge in [0.2, 0.25) is 0 Å². The monoisotopic (exact) mass is 306 g/mol. The average molecular weight is 306 g/mol. The molecule has 0 fully saturated rings. The van der Waals surface area contributed by atoms with Crippen LogP contribution in [0.2, 0.25) is 0 Å². The van der Waals surface area contributed by atoms with Crippen molar-refractivity contribution in [1.82, 2.24) is 20.5 Å². The summed E-state index contributed by atoms with van der Waals surface area (Å²) in [5, 5.41) is 19.1. The summed E-state index contributed by atoms with van der Waals surface area (Å²) in [6, 6.07) is 3.97. The van der Waals surface area contributed by atoms with Crippen LogP contribution in [0.25, 0.3) is 11.0 Å². The number of fused-ring (bicyclic) bond motifs is 1. The number of aromatic nitrogens is 2. The van der Waals surface area contributed by atoms with E-state index in [1.165, 1.54) is 4.90 Å². The molecule has 22 heavy (non-hydrogen) atoms. The van der Waals surface area contributed by atoms with E-state index in [1.807, 2.05) is 6.07 Å². The Morgan fingerprint density at radius 2 is 2.00 bits per heavy atom. The first-order valence-corrected chi connectivity index (χ1v) is 6.84. The Morgan fingerprint density at radius 1 is 1.32 bits per heavy atom. The highest BCUT2D eigenvalue weighted by atomic mass is 16.6. The fraction of sp³-hybridized carbons (Fsp3) is 0.429. The van der Waals surface area contributed by atoms with Crippen molar-refractivity contribution in [2.75, 3.05) is 7.05 Å². The molecular formula is C14H18N4O4. The molecule has 8 nitrogen and oxygen atoms in total. The molecule has 2 N–H and O–H groups in total. The zero-order valence-electron chi connectivity index (χ0n) is 12.6. The van der Waals surface area contributed by atoms with Gasteiger partial charge in [0.15, 0.2) is 0 Å². The molecule has 2 rings (SSSR count). The van der Waals surface area contributed by atoms with Crippen molar-refractivity contribution in [1.29, 1.82) is 0 Å². The zero-order chi connectivity index (χ0) is 16.3. The molecule has 0 aliphatic carbocycles. The number of carbonyl (C=O) groups is 2. The third kappa shape index (κ3) is 3.51. The van der Waals surface area contributed by atoms with Crippen molar-refractivity contribution in [2.45, 2.75) is 26.4 Å². The molecule has 0 unspecified atom stereocenters. The fourth-order valence-electron chi connectivity index (χ4n) is 2.03. The minimum absolute atomic E-state index is 0.201. The van der Waals surface area contributed by atoms with Crippen LogP contribution in [0.1, 0.15) is 19.4 Å². The summed E-state index contributed by atoms with van der Waals surface area (Å²) in [5.74, 6) is -1.25. The Labute approximate surface area is 127 Å². The zero-order valence-corrected chi connectivity index (χ0v) is 12.6. The largest absolute Gasteiger partial charge is 0.480 e. The molecule has 0 saturated heterocycles. The third-order valence-corrected chi connectivity index (χ3v) is 3.30. The van der Waals surface area contributed by atoms with Gasteiger partial charge in [-0.05, 0) is 33.9 Å². The number of benzene rings is 1. The summed E-state index contributed by atoms with van der Waals surface area (Å²) < 4.78 is 4.62. The average Bonchev–Trinajstić information content (AvgIpc) is 2.91. The number of nitrogens with zero attached hydrogens (tertiary/aromatic N) is 3. The van der Waals surface area contributed by atoms with Gasteiger partial charge in [-0.1, -0.05) is 19.9 Å². The number of nitrogens with one attached hydrogen (secondary N) is 1. The first-order chi connectivity index (χ1) is 10.4. The fourth-order valence-corrected chi connectivity index (χ4v) is 2.03. The molecule has 1 heterocycles. The van der Waals surface area contributed by atoms with E-state index in [2.05, 4.69) is 20.3 Å². The minimum atomic E-state index is -1.05. The number of carboxylic acid groups (broad SMARTS) is 1. The lowest BCUT2D eigenvalue weighted by molar-refractivity contribution is -0.140. The molecule has 0 radical (unpaired) electrons. The van der Waals surface area contributed by atoms with Crippen LogP contribution in [-0.2, 0) is 11.3 Å². The topological polar surface area (TPSA) is 109 Å². The first kappa shape index (κ1) is 15.7. The van der Waals surface area contributed by atoms with Gasteiger partial charge < -0.3 is 15.3 Å². The van der Waals surface area contributed by atoms with Gasteiger partial charge in [-0.3, -0.25) is 0 Å². The second-order valence-electron chi connectivity index (χ2n) is 5.45. The highest BCUT2D eigenvalue weighted by molar-refractivity contribution is 5.82. The molecule has 0 bridgehead atoms. The third-order valence-electron chi connectivity index (χ3n) is 3.30. The van der Waals surface area contributed by atoms with Crippen molar-refractivity contribution >= 4 is 23.0 Å². The van der Waals surface area contributed by atoms with Crippen LogP contribution in [0.4, 0.5) is 4.79 Å². The van der Waals surface area contributed by atoms with Crippen LogP contribution >= 0.6 is 0 Å². The van der Waals surface area contributed by atoms with Crippen molar-refractivity contribution in [3.8, 4) is 0 Å².